The highest BCUT2D eigenvalue weighted by molar-refractivity contribution is 6.30. The van der Waals surface area contributed by atoms with Gasteiger partial charge in [-0.05, 0) is 55.3 Å². The third kappa shape index (κ3) is 5.16. The minimum Gasteiger partial charge on any atom is -0.494 e. The van der Waals surface area contributed by atoms with Crippen LogP contribution in [-0.2, 0) is 9.59 Å². The molecule has 3 rings (SSSR count). The minimum atomic E-state index is -0.115. The molecule has 2 aromatic rings. The molecule has 148 valence electrons. The minimum absolute atomic E-state index is 0.00653. The van der Waals surface area contributed by atoms with Crippen LogP contribution in [0.3, 0.4) is 0 Å². The molecule has 1 heterocycles. The van der Waals surface area contributed by atoms with Crippen molar-refractivity contribution in [1.29, 1.82) is 0 Å². The van der Waals surface area contributed by atoms with Gasteiger partial charge < -0.3 is 19.7 Å². The van der Waals surface area contributed by atoms with Crippen LogP contribution in [0.4, 0.5) is 11.4 Å². The zero-order valence-electron chi connectivity index (χ0n) is 15.7. The number of amides is 2. The standard InChI is InChI=1S/C21H23ClN2O4/c1-2-4-20(25)23-16-7-10-19-18(13-16)24(21(26)14-28-19)11-3-12-27-17-8-5-15(22)6-9-17/h5-10,13H,2-4,11-12,14H2,1H3,(H,23,25). The summed E-state index contributed by atoms with van der Waals surface area (Å²) in [5.41, 5.74) is 1.31. The Kier molecular flexibility index (Phi) is 6.76. The number of anilines is 2. The van der Waals surface area contributed by atoms with E-state index in [9.17, 15) is 9.59 Å². The summed E-state index contributed by atoms with van der Waals surface area (Å²) in [6.45, 7) is 2.92. The third-order valence-electron chi connectivity index (χ3n) is 4.27. The zero-order valence-corrected chi connectivity index (χ0v) is 16.5. The summed E-state index contributed by atoms with van der Waals surface area (Å²) >= 11 is 5.86. The van der Waals surface area contributed by atoms with Gasteiger partial charge in [0.1, 0.15) is 11.5 Å². The summed E-state index contributed by atoms with van der Waals surface area (Å²) in [4.78, 5) is 25.9. The maximum atomic E-state index is 12.4. The molecule has 0 radical (unpaired) electrons. The summed E-state index contributed by atoms with van der Waals surface area (Å²) in [5.74, 6) is 1.20. The van der Waals surface area contributed by atoms with Crippen molar-refractivity contribution in [3.05, 3.63) is 47.5 Å². The number of rotatable bonds is 8. The lowest BCUT2D eigenvalue weighted by Crippen LogP contribution is -2.39. The summed E-state index contributed by atoms with van der Waals surface area (Å²) in [7, 11) is 0. The van der Waals surface area contributed by atoms with Gasteiger partial charge in [0.25, 0.3) is 5.91 Å². The molecular weight excluding hydrogens is 380 g/mol. The van der Waals surface area contributed by atoms with Crippen LogP contribution in [-0.4, -0.2) is 31.6 Å². The van der Waals surface area contributed by atoms with Crippen molar-refractivity contribution in [1.82, 2.24) is 0 Å². The highest BCUT2D eigenvalue weighted by atomic mass is 35.5. The largest absolute Gasteiger partial charge is 0.494 e. The number of hydrogen-bond donors (Lipinski definition) is 1. The Bertz CT molecular complexity index is 839. The first kappa shape index (κ1) is 20.0. The quantitative estimate of drug-likeness (QED) is 0.669. The lowest BCUT2D eigenvalue weighted by Gasteiger charge is -2.30. The Hall–Kier alpha value is -2.73. The van der Waals surface area contributed by atoms with Gasteiger partial charge in [-0.15, -0.1) is 0 Å². The second kappa shape index (κ2) is 9.46. The molecule has 28 heavy (non-hydrogen) atoms. The molecule has 0 saturated carbocycles. The smallest absolute Gasteiger partial charge is 0.265 e. The van der Waals surface area contributed by atoms with Gasteiger partial charge in [-0.3, -0.25) is 9.59 Å². The number of benzene rings is 2. The second-order valence-corrected chi connectivity index (χ2v) is 6.91. The lowest BCUT2D eigenvalue weighted by atomic mass is 10.2. The van der Waals surface area contributed by atoms with Gasteiger partial charge in [0.15, 0.2) is 6.61 Å². The van der Waals surface area contributed by atoms with Crippen molar-refractivity contribution in [3.8, 4) is 11.5 Å². The topological polar surface area (TPSA) is 67.9 Å². The van der Waals surface area contributed by atoms with Crippen molar-refractivity contribution < 1.29 is 19.1 Å². The molecule has 2 amide bonds. The van der Waals surface area contributed by atoms with E-state index in [4.69, 9.17) is 21.1 Å². The van der Waals surface area contributed by atoms with Crippen LogP contribution in [0.5, 0.6) is 11.5 Å². The molecule has 0 saturated heterocycles. The lowest BCUT2D eigenvalue weighted by molar-refractivity contribution is -0.121. The number of carbonyl (C=O) groups excluding carboxylic acids is 2. The SMILES string of the molecule is CCCC(=O)Nc1ccc2c(c1)N(CCCOc1ccc(Cl)cc1)C(=O)CO2. The van der Waals surface area contributed by atoms with E-state index in [0.29, 0.717) is 48.1 Å². The van der Waals surface area contributed by atoms with E-state index in [2.05, 4.69) is 5.32 Å². The first-order valence-electron chi connectivity index (χ1n) is 9.32. The molecule has 0 unspecified atom stereocenters. The van der Waals surface area contributed by atoms with E-state index in [1.165, 1.54) is 0 Å². The second-order valence-electron chi connectivity index (χ2n) is 6.47. The van der Waals surface area contributed by atoms with Gasteiger partial charge in [-0.25, -0.2) is 0 Å². The van der Waals surface area contributed by atoms with Crippen molar-refractivity contribution in [3.63, 3.8) is 0 Å². The predicted octanol–water partition coefficient (Wildman–Crippen LogP) is 4.27. The average molecular weight is 403 g/mol. The summed E-state index contributed by atoms with van der Waals surface area (Å²) in [5, 5.41) is 3.51. The van der Waals surface area contributed by atoms with Gasteiger partial charge in [-0.1, -0.05) is 18.5 Å². The van der Waals surface area contributed by atoms with Gasteiger partial charge in [-0.2, -0.15) is 0 Å². The fourth-order valence-corrected chi connectivity index (χ4v) is 3.05. The van der Waals surface area contributed by atoms with Crippen LogP contribution in [0.1, 0.15) is 26.2 Å². The summed E-state index contributed by atoms with van der Waals surface area (Å²) in [6, 6.07) is 12.5. The molecule has 0 aliphatic carbocycles. The Morgan fingerprint density at radius 3 is 2.79 bits per heavy atom. The number of nitrogens with zero attached hydrogens (tertiary/aromatic N) is 1. The van der Waals surface area contributed by atoms with E-state index in [0.717, 1.165) is 12.2 Å². The van der Waals surface area contributed by atoms with Gasteiger partial charge in [0.2, 0.25) is 5.91 Å². The predicted molar refractivity (Wildman–Crippen MR) is 109 cm³/mol. The maximum absolute atomic E-state index is 12.4. The van der Waals surface area contributed by atoms with Crippen LogP contribution in [0, 0.1) is 0 Å². The molecule has 0 aromatic heterocycles. The number of hydrogen-bond acceptors (Lipinski definition) is 4. The molecule has 1 aliphatic heterocycles. The van der Waals surface area contributed by atoms with Crippen molar-refractivity contribution >= 4 is 34.8 Å². The molecule has 0 fully saturated rings. The Labute approximate surface area is 169 Å². The summed E-state index contributed by atoms with van der Waals surface area (Å²) in [6.07, 6.45) is 1.89. The van der Waals surface area contributed by atoms with Crippen LogP contribution in [0.15, 0.2) is 42.5 Å². The zero-order chi connectivity index (χ0) is 19.9. The van der Waals surface area contributed by atoms with Crippen LogP contribution < -0.4 is 19.7 Å². The van der Waals surface area contributed by atoms with Gasteiger partial charge in [0, 0.05) is 23.7 Å². The Morgan fingerprint density at radius 1 is 1.25 bits per heavy atom. The van der Waals surface area contributed by atoms with E-state index in [1.807, 2.05) is 19.1 Å². The molecule has 1 aliphatic rings. The van der Waals surface area contributed by atoms with Crippen molar-refractivity contribution in [2.45, 2.75) is 26.2 Å². The number of carbonyl (C=O) groups is 2. The fourth-order valence-electron chi connectivity index (χ4n) is 2.92. The Balaban J connectivity index is 1.62. The van der Waals surface area contributed by atoms with Crippen LogP contribution >= 0.6 is 11.6 Å². The van der Waals surface area contributed by atoms with Crippen molar-refractivity contribution in [2.75, 3.05) is 30.0 Å². The van der Waals surface area contributed by atoms with Gasteiger partial charge in [0.05, 0.1) is 12.3 Å². The first-order chi connectivity index (χ1) is 13.6. The molecule has 6 nitrogen and oxygen atoms in total. The number of fused-ring (bicyclic) bond motifs is 1. The number of ether oxygens (including phenoxy) is 2. The molecule has 0 bridgehead atoms. The average Bonchev–Trinajstić information content (AvgIpc) is 2.68. The third-order valence-corrected chi connectivity index (χ3v) is 4.52. The van der Waals surface area contributed by atoms with Crippen LogP contribution in [0.25, 0.3) is 0 Å². The van der Waals surface area contributed by atoms with E-state index in [-0.39, 0.29) is 18.4 Å². The van der Waals surface area contributed by atoms with Gasteiger partial charge >= 0.3 is 0 Å². The first-order valence-corrected chi connectivity index (χ1v) is 9.70. The molecule has 1 N–H and O–H groups in total. The molecule has 2 aromatic carbocycles. The highest BCUT2D eigenvalue weighted by Gasteiger charge is 2.25. The number of halogens is 1. The van der Waals surface area contributed by atoms with E-state index < -0.39 is 0 Å². The monoisotopic (exact) mass is 402 g/mol. The normalized spacial score (nSPS) is 12.9. The van der Waals surface area contributed by atoms with E-state index in [1.54, 1.807) is 35.2 Å². The fraction of sp³-hybridized carbons (Fsp3) is 0.333. The molecule has 7 heteroatoms. The van der Waals surface area contributed by atoms with Crippen molar-refractivity contribution in [2.24, 2.45) is 0 Å². The maximum Gasteiger partial charge on any atom is 0.265 e. The highest BCUT2D eigenvalue weighted by Crippen LogP contribution is 2.34. The molecular formula is C21H23ClN2O4. The Morgan fingerprint density at radius 2 is 2.04 bits per heavy atom. The number of nitrogens with one attached hydrogen (secondary N) is 1. The van der Waals surface area contributed by atoms with Crippen LogP contribution in [0.2, 0.25) is 5.02 Å². The summed E-state index contributed by atoms with van der Waals surface area (Å²) < 4.78 is 11.2. The van der Waals surface area contributed by atoms with E-state index >= 15 is 0 Å². The molecule has 0 atom stereocenters. The molecule has 0 spiro atoms.